The average molecular weight is 297 g/mol. The van der Waals surface area contributed by atoms with Crippen molar-refractivity contribution in [2.24, 2.45) is 0 Å². The van der Waals surface area contributed by atoms with Gasteiger partial charge in [-0.25, -0.2) is 9.78 Å². The smallest absolute Gasteiger partial charge is 0.347 e. The van der Waals surface area contributed by atoms with E-state index in [9.17, 15) is 4.79 Å². The Morgan fingerprint density at radius 1 is 1.32 bits per heavy atom. The largest absolute Gasteiger partial charge is 0.478 e. The van der Waals surface area contributed by atoms with Crippen molar-refractivity contribution in [1.29, 1.82) is 0 Å². The molecule has 1 aromatic carbocycles. The topological polar surface area (TPSA) is 88.1 Å². The predicted molar refractivity (Wildman–Crippen MR) is 81.7 cm³/mol. The molecular weight excluding hydrogens is 282 g/mol. The van der Waals surface area contributed by atoms with Gasteiger partial charge in [0.1, 0.15) is 11.6 Å². The lowest BCUT2D eigenvalue weighted by atomic mass is 10.1. The predicted octanol–water partition coefficient (Wildman–Crippen LogP) is 2.87. The van der Waals surface area contributed by atoms with Gasteiger partial charge < -0.3 is 14.8 Å². The Morgan fingerprint density at radius 2 is 2.14 bits per heavy atom. The first-order valence-electron chi connectivity index (χ1n) is 6.78. The molecule has 0 fully saturated rings. The summed E-state index contributed by atoms with van der Waals surface area (Å²) in [7, 11) is 0. The summed E-state index contributed by atoms with van der Waals surface area (Å²) in [5.74, 6) is 0.160. The molecule has 0 aliphatic heterocycles. The van der Waals surface area contributed by atoms with Crippen LogP contribution in [-0.2, 0) is 4.79 Å². The summed E-state index contributed by atoms with van der Waals surface area (Å²) in [5.41, 5.74) is 1.14. The summed E-state index contributed by atoms with van der Waals surface area (Å²) in [5, 5.41) is 9.12. The Balaban J connectivity index is 1.96. The van der Waals surface area contributed by atoms with Crippen LogP contribution in [0.25, 0.3) is 22.4 Å². The van der Waals surface area contributed by atoms with E-state index in [1.165, 1.54) is 13.8 Å². The molecular formula is C16H15N3O3. The number of rotatable bonds is 4. The van der Waals surface area contributed by atoms with Gasteiger partial charge in [-0.1, -0.05) is 0 Å². The van der Waals surface area contributed by atoms with E-state index in [1.54, 1.807) is 30.6 Å². The van der Waals surface area contributed by atoms with Crippen molar-refractivity contribution >= 4 is 17.0 Å². The van der Waals surface area contributed by atoms with E-state index in [0.717, 1.165) is 16.6 Å². The van der Waals surface area contributed by atoms with E-state index in [0.29, 0.717) is 11.6 Å². The lowest BCUT2D eigenvalue weighted by Crippen LogP contribution is -2.37. The molecule has 6 heteroatoms. The van der Waals surface area contributed by atoms with Crippen molar-refractivity contribution in [1.82, 2.24) is 15.0 Å². The van der Waals surface area contributed by atoms with Gasteiger partial charge in [0, 0.05) is 24.0 Å². The van der Waals surface area contributed by atoms with Crippen molar-refractivity contribution in [3.05, 3.63) is 42.7 Å². The number of fused-ring (bicyclic) bond motifs is 1. The molecule has 0 spiro atoms. The number of carbonyl (C=O) groups is 1. The van der Waals surface area contributed by atoms with Gasteiger partial charge in [0.2, 0.25) is 0 Å². The fourth-order valence-electron chi connectivity index (χ4n) is 2.03. The van der Waals surface area contributed by atoms with Crippen LogP contribution < -0.4 is 4.74 Å². The molecule has 0 saturated heterocycles. The third-order valence-corrected chi connectivity index (χ3v) is 3.28. The molecule has 0 amide bonds. The summed E-state index contributed by atoms with van der Waals surface area (Å²) >= 11 is 0. The monoisotopic (exact) mass is 297 g/mol. The minimum Gasteiger partial charge on any atom is -0.478 e. The lowest BCUT2D eigenvalue weighted by Gasteiger charge is -2.21. The molecule has 6 nitrogen and oxygen atoms in total. The molecule has 0 saturated carbocycles. The number of pyridine rings is 1. The zero-order valence-electron chi connectivity index (χ0n) is 12.2. The maximum atomic E-state index is 11.1. The molecule has 0 radical (unpaired) electrons. The molecule has 0 unspecified atom stereocenters. The minimum atomic E-state index is -1.29. The molecule has 0 aliphatic carbocycles. The number of aromatic amines is 1. The highest BCUT2D eigenvalue weighted by Crippen LogP contribution is 2.25. The van der Waals surface area contributed by atoms with Crippen molar-refractivity contribution < 1.29 is 14.6 Å². The highest BCUT2D eigenvalue weighted by molar-refractivity contribution is 5.81. The normalized spacial score (nSPS) is 11.5. The van der Waals surface area contributed by atoms with E-state index < -0.39 is 11.6 Å². The van der Waals surface area contributed by atoms with Crippen LogP contribution in [0, 0.1) is 0 Å². The Morgan fingerprint density at radius 3 is 2.82 bits per heavy atom. The third-order valence-electron chi connectivity index (χ3n) is 3.28. The second-order valence-electron chi connectivity index (χ2n) is 5.42. The number of hydrogen-bond donors (Lipinski definition) is 2. The van der Waals surface area contributed by atoms with Crippen LogP contribution >= 0.6 is 0 Å². The zero-order chi connectivity index (χ0) is 15.7. The average Bonchev–Trinajstić information content (AvgIpc) is 2.91. The van der Waals surface area contributed by atoms with Crippen LogP contribution in [0.15, 0.2) is 42.7 Å². The molecule has 2 heterocycles. The van der Waals surface area contributed by atoms with Crippen LogP contribution in [0.5, 0.6) is 5.75 Å². The quantitative estimate of drug-likeness (QED) is 0.773. The van der Waals surface area contributed by atoms with Gasteiger partial charge in [0.05, 0.1) is 11.0 Å². The number of aliphatic carboxylic acids is 1. The third kappa shape index (κ3) is 2.63. The minimum absolute atomic E-state index is 0.473. The van der Waals surface area contributed by atoms with Crippen molar-refractivity contribution in [2.75, 3.05) is 0 Å². The molecule has 22 heavy (non-hydrogen) atoms. The Kier molecular flexibility index (Phi) is 3.29. The van der Waals surface area contributed by atoms with Crippen LogP contribution in [0.4, 0.5) is 0 Å². The summed E-state index contributed by atoms with van der Waals surface area (Å²) in [6.07, 6.45) is 3.43. The van der Waals surface area contributed by atoms with Crippen LogP contribution in [0.2, 0.25) is 0 Å². The SMILES string of the molecule is CC(C)(Oc1ccc2nc(-c3cccnc3)[nH]c2c1)C(=O)O. The molecule has 0 aliphatic rings. The molecule has 112 valence electrons. The number of nitrogens with zero attached hydrogens (tertiary/aromatic N) is 2. The molecule has 2 aromatic heterocycles. The van der Waals surface area contributed by atoms with Crippen LogP contribution in [-0.4, -0.2) is 31.6 Å². The van der Waals surface area contributed by atoms with Crippen molar-refractivity contribution in [3.63, 3.8) is 0 Å². The number of aromatic nitrogens is 3. The number of imidazole rings is 1. The first-order valence-corrected chi connectivity index (χ1v) is 6.78. The molecule has 0 atom stereocenters. The van der Waals surface area contributed by atoms with Crippen molar-refractivity contribution in [2.45, 2.75) is 19.4 Å². The molecule has 2 N–H and O–H groups in total. The number of carboxylic acid groups (broad SMARTS) is 1. The Labute approximate surface area is 126 Å². The van der Waals surface area contributed by atoms with E-state index in [-0.39, 0.29) is 0 Å². The number of hydrogen-bond acceptors (Lipinski definition) is 4. The summed E-state index contributed by atoms with van der Waals surface area (Å²) in [6.45, 7) is 3.01. The van der Waals surface area contributed by atoms with Gasteiger partial charge in [-0.15, -0.1) is 0 Å². The van der Waals surface area contributed by atoms with Crippen molar-refractivity contribution in [3.8, 4) is 17.1 Å². The number of nitrogens with one attached hydrogen (secondary N) is 1. The van der Waals surface area contributed by atoms with E-state index in [4.69, 9.17) is 9.84 Å². The van der Waals surface area contributed by atoms with Crippen LogP contribution in [0.3, 0.4) is 0 Å². The van der Waals surface area contributed by atoms with Gasteiger partial charge in [-0.2, -0.15) is 0 Å². The number of carboxylic acids is 1. The second kappa shape index (κ2) is 5.14. The summed E-state index contributed by atoms with van der Waals surface area (Å²) in [6, 6.07) is 8.99. The first-order chi connectivity index (χ1) is 10.5. The van der Waals surface area contributed by atoms with E-state index in [1.807, 2.05) is 12.1 Å². The van der Waals surface area contributed by atoms with Gasteiger partial charge in [-0.3, -0.25) is 4.98 Å². The van der Waals surface area contributed by atoms with Gasteiger partial charge >= 0.3 is 5.97 Å². The van der Waals surface area contributed by atoms with Gasteiger partial charge in [-0.05, 0) is 38.1 Å². The fraction of sp³-hybridized carbons (Fsp3) is 0.188. The van der Waals surface area contributed by atoms with Gasteiger partial charge in [0.25, 0.3) is 0 Å². The highest BCUT2D eigenvalue weighted by Gasteiger charge is 2.29. The maximum absolute atomic E-state index is 11.1. The molecule has 0 bridgehead atoms. The number of H-pyrrole nitrogens is 1. The standard InChI is InChI=1S/C16H15N3O3/c1-16(2,15(20)21)22-11-5-6-12-13(8-11)19-14(18-12)10-4-3-7-17-9-10/h3-9H,1-2H3,(H,18,19)(H,20,21). The zero-order valence-corrected chi connectivity index (χ0v) is 12.2. The van der Waals surface area contributed by atoms with Gasteiger partial charge in [0.15, 0.2) is 5.60 Å². The molecule has 3 rings (SSSR count). The molecule has 3 aromatic rings. The van der Waals surface area contributed by atoms with Crippen LogP contribution in [0.1, 0.15) is 13.8 Å². The maximum Gasteiger partial charge on any atom is 0.347 e. The fourth-order valence-corrected chi connectivity index (χ4v) is 2.03. The first kappa shape index (κ1) is 14.1. The number of ether oxygens (including phenoxy) is 1. The second-order valence-corrected chi connectivity index (χ2v) is 5.42. The van der Waals surface area contributed by atoms with E-state index in [2.05, 4.69) is 15.0 Å². The summed E-state index contributed by atoms with van der Waals surface area (Å²) < 4.78 is 5.53. The van der Waals surface area contributed by atoms with E-state index >= 15 is 0 Å². The lowest BCUT2D eigenvalue weighted by molar-refractivity contribution is -0.152. The summed E-state index contributed by atoms with van der Waals surface area (Å²) in [4.78, 5) is 22.9. The Bertz CT molecular complexity index is 825. The number of benzene rings is 1. The Hall–Kier alpha value is -2.89. The highest BCUT2D eigenvalue weighted by atomic mass is 16.5.